The Kier molecular flexibility index (Phi) is 5.79. The van der Waals surface area contributed by atoms with Crippen LogP contribution in [-0.4, -0.2) is 20.7 Å². The fraction of sp³-hybridized carbons (Fsp3) is 0.240. The minimum absolute atomic E-state index is 0.0340. The number of rotatable bonds is 5. The molecule has 0 aliphatic rings. The van der Waals surface area contributed by atoms with E-state index in [-0.39, 0.29) is 5.91 Å². The van der Waals surface area contributed by atoms with Gasteiger partial charge in [0.05, 0.1) is 11.4 Å². The number of aromatic nitrogens is 3. The minimum Gasteiger partial charge on any atom is -0.326 e. The maximum atomic E-state index is 12.5. The van der Waals surface area contributed by atoms with Gasteiger partial charge in [-0.2, -0.15) is 5.10 Å². The van der Waals surface area contributed by atoms with Crippen LogP contribution in [0.15, 0.2) is 48.5 Å². The van der Waals surface area contributed by atoms with Gasteiger partial charge in [0.1, 0.15) is 0 Å². The van der Waals surface area contributed by atoms with Crippen LogP contribution in [0.1, 0.15) is 34.5 Å². The summed E-state index contributed by atoms with van der Waals surface area (Å²) in [5.41, 5.74) is 7.90. The van der Waals surface area contributed by atoms with E-state index in [1.807, 2.05) is 18.5 Å². The number of carbonyl (C=O) groups excluding carboxylic acids is 1. The number of nitrogens with zero attached hydrogens (tertiary/aromatic N) is 3. The Balaban J connectivity index is 1.60. The van der Waals surface area contributed by atoms with Gasteiger partial charge in [0, 0.05) is 28.2 Å². The van der Waals surface area contributed by atoms with Crippen molar-refractivity contribution >= 4 is 34.2 Å². The molecule has 31 heavy (non-hydrogen) atoms. The lowest BCUT2D eigenvalue weighted by Crippen LogP contribution is -2.13. The monoisotopic (exact) mass is 432 g/mol. The van der Waals surface area contributed by atoms with E-state index in [0.717, 1.165) is 44.9 Å². The molecule has 5 nitrogen and oxygen atoms in total. The van der Waals surface area contributed by atoms with Crippen LogP contribution in [0.3, 0.4) is 0 Å². The highest BCUT2D eigenvalue weighted by atomic mass is 35.5. The normalized spacial score (nSPS) is 11.1. The van der Waals surface area contributed by atoms with Crippen molar-refractivity contribution in [3.05, 3.63) is 81.6 Å². The van der Waals surface area contributed by atoms with Crippen LogP contribution in [0, 0.1) is 27.7 Å². The van der Waals surface area contributed by atoms with E-state index in [9.17, 15) is 4.79 Å². The maximum absolute atomic E-state index is 12.5. The zero-order valence-electron chi connectivity index (χ0n) is 18.2. The molecule has 2 aromatic heterocycles. The standard InChI is InChI=1S/C25H25ClN4O/c1-15-5-11-21(12-6-15)30-25-24(18(4)29-30)16(2)22(17(3)27-25)13-14-23(31)28-20-9-7-19(26)8-10-20/h5-12H,13-14H2,1-4H3,(H,28,31). The van der Waals surface area contributed by atoms with Gasteiger partial charge in [-0.15, -0.1) is 0 Å². The van der Waals surface area contributed by atoms with Crippen molar-refractivity contribution in [2.45, 2.75) is 40.5 Å². The highest BCUT2D eigenvalue weighted by Crippen LogP contribution is 2.28. The van der Waals surface area contributed by atoms with Crippen molar-refractivity contribution < 1.29 is 4.79 Å². The Morgan fingerprint density at radius 2 is 1.65 bits per heavy atom. The lowest BCUT2D eigenvalue weighted by Gasteiger charge is -2.12. The van der Waals surface area contributed by atoms with Crippen LogP contribution in [0.25, 0.3) is 16.7 Å². The molecule has 0 unspecified atom stereocenters. The molecule has 1 N–H and O–H groups in total. The van der Waals surface area contributed by atoms with Crippen LogP contribution in [0.4, 0.5) is 5.69 Å². The second-order valence-electron chi connectivity index (χ2n) is 7.89. The number of hydrogen-bond acceptors (Lipinski definition) is 3. The number of carbonyl (C=O) groups is 1. The van der Waals surface area contributed by atoms with E-state index in [1.54, 1.807) is 24.3 Å². The Bertz CT molecular complexity index is 1260. The van der Waals surface area contributed by atoms with Crippen LogP contribution in [-0.2, 0) is 11.2 Å². The third-order valence-corrected chi connectivity index (χ3v) is 5.83. The molecule has 158 valence electrons. The van der Waals surface area contributed by atoms with Crippen LogP contribution < -0.4 is 5.32 Å². The van der Waals surface area contributed by atoms with Gasteiger partial charge >= 0.3 is 0 Å². The zero-order chi connectivity index (χ0) is 22.1. The molecule has 0 aliphatic carbocycles. The Labute approximate surface area is 187 Å². The molecule has 0 saturated carbocycles. The van der Waals surface area contributed by atoms with Gasteiger partial charge in [-0.05, 0) is 81.6 Å². The van der Waals surface area contributed by atoms with E-state index in [2.05, 4.69) is 43.4 Å². The highest BCUT2D eigenvalue weighted by Gasteiger charge is 2.18. The van der Waals surface area contributed by atoms with Crippen LogP contribution in [0.5, 0.6) is 0 Å². The average Bonchev–Trinajstić information content (AvgIpc) is 3.06. The predicted octanol–water partition coefficient (Wildman–Crippen LogP) is 5.88. The lowest BCUT2D eigenvalue weighted by molar-refractivity contribution is -0.116. The van der Waals surface area contributed by atoms with E-state index in [4.69, 9.17) is 21.7 Å². The number of aryl methyl sites for hydroxylation is 4. The van der Waals surface area contributed by atoms with Crippen molar-refractivity contribution in [2.75, 3.05) is 5.32 Å². The van der Waals surface area contributed by atoms with Gasteiger partial charge in [-0.25, -0.2) is 9.67 Å². The molecule has 4 rings (SSSR count). The third-order valence-electron chi connectivity index (χ3n) is 5.58. The first-order valence-electron chi connectivity index (χ1n) is 10.3. The third kappa shape index (κ3) is 4.32. The lowest BCUT2D eigenvalue weighted by atomic mass is 9.99. The molecule has 2 heterocycles. The van der Waals surface area contributed by atoms with Crippen molar-refractivity contribution in [3.63, 3.8) is 0 Å². The van der Waals surface area contributed by atoms with Crippen molar-refractivity contribution in [3.8, 4) is 5.69 Å². The fourth-order valence-corrected chi connectivity index (χ4v) is 4.06. The molecule has 0 saturated heterocycles. The van der Waals surface area contributed by atoms with Gasteiger partial charge in [-0.3, -0.25) is 4.79 Å². The van der Waals surface area contributed by atoms with E-state index < -0.39 is 0 Å². The average molecular weight is 433 g/mol. The molecule has 0 fully saturated rings. The molecular weight excluding hydrogens is 408 g/mol. The van der Waals surface area contributed by atoms with Gasteiger partial charge < -0.3 is 5.32 Å². The molecular formula is C25H25ClN4O. The summed E-state index contributed by atoms with van der Waals surface area (Å²) in [6, 6.07) is 15.4. The summed E-state index contributed by atoms with van der Waals surface area (Å²) < 4.78 is 1.90. The first-order chi connectivity index (χ1) is 14.8. The number of halogens is 1. The topological polar surface area (TPSA) is 59.8 Å². The molecule has 0 radical (unpaired) electrons. The van der Waals surface area contributed by atoms with E-state index in [1.165, 1.54) is 5.56 Å². The van der Waals surface area contributed by atoms with Crippen molar-refractivity contribution in [1.82, 2.24) is 14.8 Å². The summed E-state index contributed by atoms with van der Waals surface area (Å²) >= 11 is 5.91. The number of nitrogens with one attached hydrogen (secondary N) is 1. The predicted molar refractivity (Wildman–Crippen MR) is 126 cm³/mol. The van der Waals surface area contributed by atoms with Gasteiger partial charge in [-0.1, -0.05) is 29.3 Å². The molecule has 0 atom stereocenters. The Morgan fingerprint density at radius 1 is 0.968 bits per heavy atom. The number of pyridine rings is 1. The maximum Gasteiger partial charge on any atom is 0.224 e. The smallest absolute Gasteiger partial charge is 0.224 e. The fourth-order valence-electron chi connectivity index (χ4n) is 3.94. The summed E-state index contributed by atoms with van der Waals surface area (Å²) in [6.07, 6.45) is 0.998. The molecule has 0 spiro atoms. The summed E-state index contributed by atoms with van der Waals surface area (Å²) in [6.45, 7) is 8.17. The van der Waals surface area contributed by atoms with Gasteiger partial charge in [0.25, 0.3) is 0 Å². The van der Waals surface area contributed by atoms with Gasteiger partial charge in [0.2, 0.25) is 5.91 Å². The summed E-state index contributed by atoms with van der Waals surface area (Å²) in [5, 5.41) is 9.38. The molecule has 0 bridgehead atoms. The summed E-state index contributed by atoms with van der Waals surface area (Å²) in [4.78, 5) is 17.3. The van der Waals surface area contributed by atoms with Crippen molar-refractivity contribution in [2.24, 2.45) is 0 Å². The summed E-state index contributed by atoms with van der Waals surface area (Å²) in [7, 11) is 0. The quantitative estimate of drug-likeness (QED) is 0.428. The largest absolute Gasteiger partial charge is 0.326 e. The SMILES string of the molecule is Cc1ccc(-n2nc(C)c3c(C)c(CCC(=O)Nc4ccc(Cl)cc4)c(C)nc32)cc1. The minimum atomic E-state index is -0.0340. The number of hydrogen-bond donors (Lipinski definition) is 1. The molecule has 2 aromatic carbocycles. The molecule has 4 aromatic rings. The Morgan fingerprint density at radius 3 is 2.32 bits per heavy atom. The number of anilines is 1. The first kappa shape index (κ1) is 21.1. The Hall–Kier alpha value is -3.18. The van der Waals surface area contributed by atoms with Crippen molar-refractivity contribution in [1.29, 1.82) is 0 Å². The van der Waals surface area contributed by atoms with Crippen LogP contribution >= 0.6 is 11.6 Å². The molecule has 1 amide bonds. The number of amides is 1. The molecule has 6 heteroatoms. The molecule has 0 aliphatic heterocycles. The van der Waals surface area contributed by atoms with E-state index >= 15 is 0 Å². The second-order valence-corrected chi connectivity index (χ2v) is 8.32. The highest BCUT2D eigenvalue weighted by molar-refractivity contribution is 6.30. The van der Waals surface area contributed by atoms with Gasteiger partial charge in [0.15, 0.2) is 5.65 Å². The van der Waals surface area contributed by atoms with Crippen LogP contribution in [0.2, 0.25) is 5.02 Å². The number of fused-ring (bicyclic) bond motifs is 1. The zero-order valence-corrected chi connectivity index (χ0v) is 18.9. The first-order valence-corrected chi connectivity index (χ1v) is 10.7. The summed E-state index contributed by atoms with van der Waals surface area (Å²) in [5.74, 6) is -0.0340. The second kappa shape index (κ2) is 8.52. The number of benzene rings is 2. The van der Waals surface area contributed by atoms with E-state index in [0.29, 0.717) is 17.9 Å².